The number of esters is 1. The molecule has 1 atom stereocenters. The molecule has 0 aromatic heterocycles. The van der Waals surface area contributed by atoms with E-state index in [4.69, 9.17) is 5.73 Å². The van der Waals surface area contributed by atoms with Crippen molar-refractivity contribution in [1.29, 1.82) is 0 Å². The average molecular weight is 200 g/mol. The van der Waals surface area contributed by atoms with E-state index in [1.165, 1.54) is 7.11 Å². The Hall–Kier alpha value is -1.10. The van der Waals surface area contributed by atoms with Crippen LogP contribution in [0.5, 0.6) is 0 Å². The van der Waals surface area contributed by atoms with Gasteiger partial charge in [-0.05, 0) is 19.4 Å². The monoisotopic (exact) mass is 200 g/mol. The summed E-state index contributed by atoms with van der Waals surface area (Å²) in [7, 11) is 1.38. The van der Waals surface area contributed by atoms with Gasteiger partial charge in [0.1, 0.15) is 0 Å². The van der Waals surface area contributed by atoms with E-state index >= 15 is 0 Å². The quantitative estimate of drug-likeness (QED) is 0.615. The van der Waals surface area contributed by atoms with Gasteiger partial charge < -0.3 is 10.5 Å². The van der Waals surface area contributed by atoms with Crippen molar-refractivity contribution in [2.24, 2.45) is 11.7 Å². The molecule has 0 aliphatic carbocycles. The lowest BCUT2D eigenvalue weighted by Crippen LogP contribution is -2.43. The highest BCUT2D eigenvalue weighted by molar-refractivity contribution is 5.76. The molecule has 1 rings (SSSR count). The summed E-state index contributed by atoms with van der Waals surface area (Å²) >= 11 is 0. The van der Waals surface area contributed by atoms with Crippen LogP contribution in [0.2, 0.25) is 0 Å². The predicted molar refractivity (Wildman–Crippen MR) is 50.4 cm³/mol. The van der Waals surface area contributed by atoms with Crippen molar-refractivity contribution in [3.05, 3.63) is 0 Å². The van der Waals surface area contributed by atoms with Crippen molar-refractivity contribution in [3.63, 3.8) is 0 Å². The van der Waals surface area contributed by atoms with Crippen LogP contribution in [-0.2, 0) is 14.3 Å². The highest BCUT2D eigenvalue weighted by Crippen LogP contribution is 2.16. The van der Waals surface area contributed by atoms with Crippen LogP contribution in [0.15, 0.2) is 0 Å². The largest absolute Gasteiger partial charge is 0.469 e. The van der Waals surface area contributed by atoms with Gasteiger partial charge in [-0.1, -0.05) is 0 Å². The molecule has 0 radical (unpaired) electrons. The van der Waals surface area contributed by atoms with Gasteiger partial charge in [0, 0.05) is 6.54 Å². The summed E-state index contributed by atoms with van der Waals surface area (Å²) in [5, 5.41) is 0. The van der Waals surface area contributed by atoms with E-state index in [1.807, 2.05) is 4.90 Å². The first-order valence-electron chi connectivity index (χ1n) is 4.72. The number of methoxy groups -OCH3 is 1. The molecule has 0 aromatic carbocycles. The van der Waals surface area contributed by atoms with Crippen LogP contribution in [0.4, 0.5) is 0 Å². The van der Waals surface area contributed by atoms with Crippen LogP contribution in [0.1, 0.15) is 12.8 Å². The molecule has 1 heterocycles. The Kier molecular flexibility index (Phi) is 3.88. The molecule has 0 saturated carbocycles. The van der Waals surface area contributed by atoms with E-state index in [9.17, 15) is 9.59 Å². The number of ether oxygens (including phenoxy) is 1. The lowest BCUT2D eigenvalue weighted by atomic mass is 9.98. The van der Waals surface area contributed by atoms with E-state index in [-0.39, 0.29) is 24.3 Å². The molecular weight excluding hydrogens is 184 g/mol. The third-order valence-electron chi connectivity index (χ3n) is 2.42. The zero-order valence-corrected chi connectivity index (χ0v) is 8.36. The van der Waals surface area contributed by atoms with Gasteiger partial charge in [-0.2, -0.15) is 0 Å². The minimum atomic E-state index is -0.351. The number of primary amides is 1. The van der Waals surface area contributed by atoms with Crippen molar-refractivity contribution in [2.75, 3.05) is 26.7 Å². The number of rotatable bonds is 3. The Morgan fingerprint density at radius 1 is 1.57 bits per heavy atom. The summed E-state index contributed by atoms with van der Waals surface area (Å²) in [5.41, 5.74) is 5.08. The van der Waals surface area contributed by atoms with Gasteiger partial charge in [-0.25, -0.2) is 0 Å². The lowest BCUT2D eigenvalue weighted by molar-refractivity contribution is -0.147. The van der Waals surface area contributed by atoms with Crippen LogP contribution in [0, 0.1) is 5.92 Å². The number of nitrogens with two attached hydrogens (primary N) is 1. The number of piperidine rings is 1. The smallest absolute Gasteiger partial charge is 0.309 e. The van der Waals surface area contributed by atoms with Crippen molar-refractivity contribution >= 4 is 11.9 Å². The van der Waals surface area contributed by atoms with Gasteiger partial charge >= 0.3 is 5.97 Å². The van der Waals surface area contributed by atoms with Crippen LogP contribution < -0.4 is 5.73 Å². The average Bonchev–Trinajstić information content (AvgIpc) is 2.16. The molecule has 14 heavy (non-hydrogen) atoms. The summed E-state index contributed by atoms with van der Waals surface area (Å²) in [5.74, 6) is -0.650. The highest BCUT2D eigenvalue weighted by Gasteiger charge is 2.26. The number of carbonyl (C=O) groups is 2. The second-order valence-corrected chi connectivity index (χ2v) is 3.56. The Morgan fingerprint density at radius 3 is 2.86 bits per heavy atom. The first kappa shape index (κ1) is 11.0. The maximum atomic E-state index is 11.2. The van der Waals surface area contributed by atoms with Crippen LogP contribution in [0.25, 0.3) is 0 Å². The molecule has 2 N–H and O–H groups in total. The minimum Gasteiger partial charge on any atom is -0.469 e. The summed E-state index contributed by atoms with van der Waals surface area (Å²) in [6, 6.07) is 0. The third kappa shape index (κ3) is 2.99. The van der Waals surface area contributed by atoms with Gasteiger partial charge in [-0.15, -0.1) is 0 Å². The van der Waals surface area contributed by atoms with E-state index in [2.05, 4.69) is 4.74 Å². The number of hydrogen-bond donors (Lipinski definition) is 1. The van der Waals surface area contributed by atoms with Gasteiger partial charge in [-0.3, -0.25) is 14.5 Å². The predicted octanol–water partition coefficient (Wildman–Crippen LogP) is -0.643. The number of hydrogen-bond acceptors (Lipinski definition) is 4. The summed E-state index contributed by atoms with van der Waals surface area (Å²) in [6.45, 7) is 1.64. The van der Waals surface area contributed by atoms with Crippen LogP contribution in [0.3, 0.4) is 0 Å². The summed E-state index contributed by atoms with van der Waals surface area (Å²) in [4.78, 5) is 23.8. The summed E-state index contributed by atoms with van der Waals surface area (Å²) in [6.07, 6.45) is 1.75. The fourth-order valence-corrected chi connectivity index (χ4v) is 1.78. The molecule has 0 spiro atoms. The number of carbonyl (C=O) groups excluding carboxylic acids is 2. The van der Waals surface area contributed by atoms with Crippen molar-refractivity contribution in [3.8, 4) is 0 Å². The Bertz CT molecular complexity index is 230. The first-order chi connectivity index (χ1) is 6.63. The van der Waals surface area contributed by atoms with Crippen molar-refractivity contribution in [1.82, 2.24) is 4.90 Å². The highest BCUT2D eigenvalue weighted by atomic mass is 16.5. The second-order valence-electron chi connectivity index (χ2n) is 3.56. The molecule has 1 fully saturated rings. The standard InChI is InChI=1S/C9H16N2O3/c1-14-9(13)7-3-2-4-11(5-7)6-8(10)12/h7H,2-6H2,1H3,(H2,10,12)/t7-/m0/s1. The second kappa shape index (κ2) is 4.95. The van der Waals surface area contributed by atoms with Gasteiger partial charge in [0.2, 0.25) is 5.91 Å². The topological polar surface area (TPSA) is 72.6 Å². The van der Waals surface area contributed by atoms with E-state index < -0.39 is 0 Å². The number of likely N-dealkylation sites (tertiary alicyclic amines) is 1. The fourth-order valence-electron chi connectivity index (χ4n) is 1.78. The van der Waals surface area contributed by atoms with Gasteiger partial charge in [0.05, 0.1) is 19.6 Å². The number of amides is 1. The Balaban J connectivity index is 2.43. The molecule has 0 aromatic rings. The normalized spacial score (nSPS) is 23.1. The number of nitrogens with zero attached hydrogens (tertiary/aromatic N) is 1. The summed E-state index contributed by atoms with van der Waals surface area (Å²) < 4.78 is 4.66. The molecule has 5 nitrogen and oxygen atoms in total. The molecule has 1 aliphatic heterocycles. The SMILES string of the molecule is COC(=O)[C@H]1CCCN(CC(N)=O)C1. The van der Waals surface area contributed by atoms with E-state index in [0.717, 1.165) is 19.4 Å². The zero-order chi connectivity index (χ0) is 10.6. The molecule has 5 heteroatoms. The molecule has 1 amide bonds. The molecular formula is C9H16N2O3. The molecule has 0 bridgehead atoms. The van der Waals surface area contributed by atoms with Gasteiger partial charge in [0.25, 0.3) is 0 Å². The molecule has 1 saturated heterocycles. The lowest BCUT2D eigenvalue weighted by Gasteiger charge is -2.30. The van der Waals surface area contributed by atoms with Crippen LogP contribution in [-0.4, -0.2) is 43.5 Å². The van der Waals surface area contributed by atoms with Crippen molar-refractivity contribution in [2.45, 2.75) is 12.8 Å². The molecule has 0 unspecified atom stereocenters. The minimum absolute atomic E-state index is 0.104. The molecule has 1 aliphatic rings. The van der Waals surface area contributed by atoms with E-state index in [0.29, 0.717) is 6.54 Å². The van der Waals surface area contributed by atoms with E-state index in [1.54, 1.807) is 0 Å². The fraction of sp³-hybridized carbons (Fsp3) is 0.778. The third-order valence-corrected chi connectivity index (χ3v) is 2.42. The Morgan fingerprint density at radius 2 is 2.29 bits per heavy atom. The zero-order valence-electron chi connectivity index (χ0n) is 8.36. The van der Waals surface area contributed by atoms with Crippen LogP contribution >= 0.6 is 0 Å². The maximum absolute atomic E-state index is 11.2. The maximum Gasteiger partial charge on any atom is 0.309 e. The van der Waals surface area contributed by atoms with Crippen molar-refractivity contribution < 1.29 is 14.3 Å². The Labute approximate surface area is 83.2 Å². The van der Waals surface area contributed by atoms with Gasteiger partial charge in [0.15, 0.2) is 0 Å². The molecule has 80 valence electrons. The first-order valence-corrected chi connectivity index (χ1v) is 4.72.